The summed E-state index contributed by atoms with van der Waals surface area (Å²) in [4.78, 5) is 0. The van der Waals surface area contributed by atoms with Crippen LogP contribution in [0.4, 0.5) is 8.78 Å². The van der Waals surface area contributed by atoms with Crippen molar-refractivity contribution in [2.24, 2.45) is 0 Å². The molecule has 3 aromatic rings. The first-order valence-electron chi connectivity index (χ1n) is 9.19. The van der Waals surface area contributed by atoms with E-state index in [0.717, 1.165) is 24.0 Å². The lowest BCUT2D eigenvalue weighted by molar-refractivity contribution is 0.555. The SMILES string of the molecule is CCCc1ccc(-c2cc(F)c(CCc3ccc(C)cc3)c(F)c2)cc1. The van der Waals surface area contributed by atoms with E-state index in [1.165, 1.54) is 23.3 Å². The molecule has 0 unspecified atom stereocenters. The second-order valence-corrected chi connectivity index (χ2v) is 6.85. The summed E-state index contributed by atoms with van der Waals surface area (Å²) in [5.41, 5.74) is 5.10. The molecule has 0 aliphatic carbocycles. The van der Waals surface area contributed by atoms with E-state index in [-0.39, 0.29) is 5.56 Å². The van der Waals surface area contributed by atoms with Gasteiger partial charge in [-0.1, -0.05) is 67.4 Å². The van der Waals surface area contributed by atoms with Crippen molar-refractivity contribution in [1.82, 2.24) is 0 Å². The second-order valence-electron chi connectivity index (χ2n) is 6.85. The van der Waals surface area contributed by atoms with Crippen LogP contribution in [0.1, 0.15) is 35.6 Å². The largest absolute Gasteiger partial charge is 0.207 e. The monoisotopic (exact) mass is 350 g/mol. The van der Waals surface area contributed by atoms with Gasteiger partial charge in [-0.25, -0.2) is 8.78 Å². The molecule has 2 heteroatoms. The molecule has 0 fully saturated rings. The van der Waals surface area contributed by atoms with Crippen molar-refractivity contribution >= 4 is 0 Å². The summed E-state index contributed by atoms with van der Waals surface area (Å²) in [6.45, 7) is 4.16. The van der Waals surface area contributed by atoms with Gasteiger partial charge in [0.1, 0.15) is 11.6 Å². The molecule has 0 aliphatic rings. The van der Waals surface area contributed by atoms with Gasteiger partial charge in [-0.05, 0) is 60.6 Å². The fourth-order valence-electron chi connectivity index (χ4n) is 3.19. The molecule has 3 rings (SSSR count). The zero-order chi connectivity index (χ0) is 18.5. The van der Waals surface area contributed by atoms with Gasteiger partial charge < -0.3 is 0 Å². The molecular formula is C24H24F2. The number of benzene rings is 3. The predicted molar refractivity (Wildman–Crippen MR) is 104 cm³/mol. The van der Waals surface area contributed by atoms with Crippen molar-refractivity contribution in [2.75, 3.05) is 0 Å². The highest BCUT2D eigenvalue weighted by Crippen LogP contribution is 2.26. The van der Waals surface area contributed by atoms with E-state index in [0.29, 0.717) is 18.4 Å². The molecule has 0 N–H and O–H groups in total. The van der Waals surface area contributed by atoms with Gasteiger partial charge in [-0.15, -0.1) is 0 Å². The lowest BCUT2D eigenvalue weighted by Crippen LogP contribution is -2.00. The average Bonchev–Trinajstić information content (AvgIpc) is 2.63. The highest BCUT2D eigenvalue weighted by atomic mass is 19.1. The van der Waals surface area contributed by atoms with Gasteiger partial charge in [0.25, 0.3) is 0 Å². The fraction of sp³-hybridized carbons (Fsp3) is 0.250. The molecular weight excluding hydrogens is 326 g/mol. The molecule has 0 nitrogen and oxygen atoms in total. The third kappa shape index (κ3) is 4.37. The molecule has 0 amide bonds. The van der Waals surface area contributed by atoms with E-state index in [9.17, 15) is 8.78 Å². The number of halogens is 2. The summed E-state index contributed by atoms with van der Waals surface area (Å²) in [6.07, 6.45) is 3.08. The zero-order valence-electron chi connectivity index (χ0n) is 15.4. The van der Waals surface area contributed by atoms with Gasteiger partial charge in [0.15, 0.2) is 0 Å². The van der Waals surface area contributed by atoms with Crippen LogP contribution >= 0.6 is 0 Å². The number of aryl methyl sites for hydroxylation is 3. The van der Waals surface area contributed by atoms with Gasteiger partial charge in [-0.3, -0.25) is 0 Å². The van der Waals surface area contributed by atoms with E-state index < -0.39 is 11.6 Å². The Morgan fingerprint density at radius 2 is 1.19 bits per heavy atom. The van der Waals surface area contributed by atoms with Crippen molar-refractivity contribution in [3.8, 4) is 11.1 Å². The van der Waals surface area contributed by atoms with Gasteiger partial charge in [0.2, 0.25) is 0 Å². The topological polar surface area (TPSA) is 0 Å². The van der Waals surface area contributed by atoms with Crippen LogP contribution in [0, 0.1) is 18.6 Å². The van der Waals surface area contributed by atoms with Crippen molar-refractivity contribution in [1.29, 1.82) is 0 Å². The Labute approximate surface area is 154 Å². The van der Waals surface area contributed by atoms with E-state index in [2.05, 4.69) is 6.92 Å². The van der Waals surface area contributed by atoms with Crippen LogP contribution in [-0.4, -0.2) is 0 Å². The van der Waals surface area contributed by atoms with Crippen LogP contribution in [0.15, 0.2) is 60.7 Å². The first-order chi connectivity index (χ1) is 12.6. The van der Waals surface area contributed by atoms with Crippen LogP contribution in [-0.2, 0) is 19.3 Å². The quantitative estimate of drug-likeness (QED) is 0.465. The fourth-order valence-corrected chi connectivity index (χ4v) is 3.19. The summed E-state index contributed by atoms with van der Waals surface area (Å²) in [7, 11) is 0. The van der Waals surface area contributed by atoms with Crippen molar-refractivity contribution in [2.45, 2.75) is 39.5 Å². The second kappa shape index (κ2) is 8.27. The molecule has 0 saturated carbocycles. The minimum atomic E-state index is -0.468. The molecule has 3 aromatic carbocycles. The third-order valence-electron chi connectivity index (χ3n) is 4.75. The molecule has 0 radical (unpaired) electrons. The lowest BCUT2D eigenvalue weighted by atomic mass is 9.97. The highest BCUT2D eigenvalue weighted by Gasteiger charge is 2.12. The maximum Gasteiger partial charge on any atom is 0.129 e. The lowest BCUT2D eigenvalue weighted by Gasteiger charge is -2.10. The predicted octanol–water partition coefficient (Wildman–Crippen LogP) is 6.68. The zero-order valence-corrected chi connectivity index (χ0v) is 15.4. The van der Waals surface area contributed by atoms with Gasteiger partial charge >= 0.3 is 0 Å². The summed E-state index contributed by atoms with van der Waals surface area (Å²) in [5.74, 6) is -0.936. The summed E-state index contributed by atoms with van der Waals surface area (Å²) < 4.78 is 29.0. The minimum Gasteiger partial charge on any atom is -0.207 e. The van der Waals surface area contributed by atoms with Crippen LogP contribution in [0.2, 0.25) is 0 Å². The van der Waals surface area contributed by atoms with E-state index in [1.54, 1.807) is 0 Å². The maximum absolute atomic E-state index is 14.5. The molecule has 134 valence electrons. The molecule has 26 heavy (non-hydrogen) atoms. The van der Waals surface area contributed by atoms with Crippen LogP contribution < -0.4 is 0 Å². The van der Waals surface area contributed by atoms with E-state index in [4.69, 9.17) is 0 Å². The van der Waals surface area contributed by atoms with Gasteiger partial charge in [0.05, 0.1) is 0 Å². The maximum atomic E-state index is 14.5. The Bertz CT molecular complexity index is 839. The number of rotatable bonds is 6. The standard InChI is InChI=1S/C24H24F2/c1-3-4-18-9-12-20(13-10-18)21-15-23(25)22(24(26)16-21)14-11-19-7-5-17(2)6-8-19/h5-10,12-13,15-16H,3-4,11,14H2,1-2H3. The number of hydrogen-bond acceptors (Lipinski definition) is 0. The summed E-state index contributed by atoms with van der Waals surface area (Å²) in [5, 5.41) is 0. The molecule has 0 spiro atoms. The van der Waals surface area contributed by atoms with Crippen molar-refractivity contribution in [3.05, 3.63) is 94.6 Å². The normalized spacial score (nSPS) is 10.9. The molecule has 0 aromatic heterocycles. The van der Waals surface area contributed by atoms with Crippen LogP contribution in [0.3, 0.4) is 0 Å². The average molecular weight is 350 g/mol. The van der Waals surface area contributed by atoms with Crippen molar-refractivity contribution < 1.29 is 8.78 Å². The highest BCUT2D eigenvalue weighted by molar-refractivity contribution is 5.64. The molecule has 0 saturated heterocycles. The van der Waals surface area contributed by atoms with Crippen LogP contribution in [0.5, 0.6) is 0 Å². The Hall–Kier alpha value is -2.48. The minimum absolute atomic E-state index is 0.164. The van der Waals surface area contributed by atoms with E-state index in [1.807, 2.05) is 55.5 Å². The first-order valence-corrected chi connectivity index (χ1v) is 9.19. The molecule has 0 bridgehead atoms. The van der Waals surface area contributed by atoms with Gasteiger partial charge in [-0.2, -0.15) is 0 Å². The molecule has 0 atom stereocenters. The smallest absolute Gasteiger partial charge is 0.129 e. The Morgan fingerprint density at radius 1 is 0.654 bits per heavy atom. The Balaban J connectivity index is 1.78. The Morgan fingerprint density at radius 3 is 1.77 bits per heavy atom. The summed E-state index contributed by atoms with van der Waals surface area (Å²) >= 11 is 0. The Kier molecular flexibility index (Phi) is 5.82. The van der Waals surface area contributed by atoms with Crippen molar-refractivity contribution in [3.63, 3.8) is 0 Å². The number of hydrogen-bond donors (Lipinski definition) is 0. The summed E-state index contributed by atoms with van der Waals surface area (Å²) in [6, 6.07) is 18.9. The molecule has 0 aliphatic heterocycles. The third-order valence-corrected chi connectivity index (χ3v) is 4.75. The molecule has 0 heterocycles. The van der Waals surface area contributed by atoms with Gasteiger partial charge in [0, 0.05) is 5.56 Å². The van der Waals surface area contributed by atoms with Crippen LogP contribution in [0.25, 0.3) is 11.1 Å². The first kappa shape index (κ1) is 18.3. The van der Waals surface area contributed by atoms with E-state index >= 15 is 0 Å².